The van der Waals surface area contributed by atoms with E-state index in [0.29, 0.717) is 12.5 Å². The number of ether oxygens (including phenoxy) is 1. The van der Waals surface area contributed by atoms with Crippen LogP contribution in [0.3, 0.4) is 0 Å². The summed E-state index contributed by atoms with van der Waals surface area (Å²) in [4.78, 5) is 14.0. The van der Waals surface area contributed by atoms with Crippen molar-refractivity contribution < 1.29 is 4.74 Å². The third-order valence-electron chi connectivity index (χ3n) is 4.18. The first-order valence-electron chi connectivity index (χ1n) is 8.68. The van der Waals surface area contributed by atoms with E-state index in [4.69, 9.17) is 14.7 Å². The van der Waals surface area contributed by atoms with E-state index in [1.807, 2.05) is 24.3 Å². The van der Waals surface area contributed by atoms with Crippen molar-refractivity contribution in [2.75, 3.05) is 53.4 Å². The molecule has 0 atom stereocenters. The first-order valence-corrected chi connectivity index (χ1v) is 8.68. The Hall–Kier alpha value is -1.76. The van der Waals surface area contributed by atoms with E-state index in [0.717, 1.165) is 62.4 Å². The highest BCUT2D eigenvalue weighted by Crippen LogP contribution is 2.23. The molecular weight excluding hydrogens is 302 g/mol. The summed E-state index contributed by atoms with van der Waals surface area (Å²) in [6.07, 6.45) is 0.985. The number of rotatable bonds is 7. The van der Waals surface area contributed by atoms with Crippen LogP contribution in [0.2, 0.25) is 0 Å². The molecule has 1 aliphatic rings. The number of fused-ring (bicyclic) bond motifs is 1. The summed E-state index contributed by atoms with van der Waals surface area (Å²) >= 11 is 0. The second-order valence-corrected chi connectivity index (χ2v) is 6.49. The molecule has 1 saturated heterocycles. The van der Waals surface area contributed by atoms with Crippen LogP contribution in [0.25, 0.3) is 10.9 Å². The highest BCUT2D eigenvalue weighted by molar-refractivity contribution is 5.83. The maximum absolute atomic E-state index is 5.99. The van der Waals surface area contributed by atoms with Gasteiger partial charge in [-0.1, -0.05) is 12.1 Å². The molecule has 2 heterocycles. The van der Waals surface area contributed by atoms with Gasteiger partial charge in [-0.05, 0) is 32.6 Å². The Bertz CT molecular complexity index is 655. The lowest BCUT2D eigenvalue weighted by Crippen LogP contribution is -2.43. The molecule has 0 bridgehead atoms. The summed E-state index contributed by atoms with van der Waals surface area (Å²) in [7, 11) is 4.15. The van der Waals surface area contributed by atoms with Crippen molar-refractivity contribution >= 4 is 10.9 Å². The summed E-state index contributed by atoms with van der Waals surface area (Å²) in [5.41, 5.74) is 0.959. The fourth-order valence-corrected chi connectivity index (χ4v) is 2.89. The second kappa shape index (κ2) is 8.37. The van der Waals surface area contributed by atoms with Crippen molar-refractivity contribution in [2.45, 2.75) is 13.0 Å². The zero-order chi connectivity index (χ0) is 16.8. The van der Waals surface area contributed by atoms with E-state index in [1.54, 1.807) is 0 Å². The first kappa shape index (κ1) is 17.1. The number of para-hydroxylation sites is 1. The van der Waals surface area contributed by atoms with E-state index < -0.39 is 0 Å². The van der Waals surface area contributed by atoms with Gasteiger partial charge in [0.05, 0.1) is 24.1 Å². The van der Waals surface area contributed by atoms with Crippen molar-refractivity contribution in [2.24, 2.45) is 0 Å². The first-order chi connectivity index (χ1) is 11.7. The van der Waals surface area contributed by atoms with Gasteiger partial charge in [0.25, 0.3) is 0 Å². The zero-order valence-corrected chi connectivity index (χ0v) is 14.7. The summed E-state index contributed by atoms with van der Waals surface area (Å²) in [5.74, 6) is 1.56. The van der Waals surface area contributed by atoms with Gasteiger partial charge in [0.1, 0.15) is 5.82 Å². The van der Waals surface area contributed by atoms with Crippen LogP contribution in [0.5, 0.6) is 5.88 Å². The molecule has 2 aromatic rings. The highest BCUT2D eigenvalue weighted by Gasteiger charge is 2.14. The normalized spacial score (nSPS) is 16.0. The highest BCUT2D eigenvalue weighted by atomic mass is 16.5. The average Bonchev–Trinajstić information content (AvgIpc) is 2.59. The van der Waals surface area contributed by atoms with Crippen LogP contribution in [0, 0.1) is 0 Å². The molecule has 1 aromatic carbocycles. The Balaban J connectivity index is 1.74. The van der Waals surface area contributed by atoms with Gasteiger partial charge in [-0.25, -0.2) is 4.98 Å². The Labute approximate surface area is 143 Å². The smallest absolute Gasteiger partial charge is 0.224 e. The van der Waals surface area contributed by atoms with Gasteiger partial charge in [-0.2, -0.15) is 4.98 Å². The molecule has 6 nitrogen and oxygen atoms in total. The van der Waals surface area contributed by atoms with Crippen LogP contribution in [0.1, 0.15) is 12.2 Å². The van der Waals surface area contributed by atoms with Crippen LogP contribution in [0.4, 0.5) is 0 Å². The van der Waals surface area contributed by atoms with Crippen LogP contribution in [-0.2, 0) is 6.54 Å². The SMILES string of the molecule is CN(C)CCCOc1nc(CN2CCNCC2)nc2ccccc12. The predicted molar refractivity (Wildman–Crippen MR) is 96.4 cm³/mol. The van der Waals surface area contributed by atoms with E-state index in [-0.39, 0.29) is 0 Å². The fraction of sp³-hybridized carbons (Fsp3) is 0.556. The lowest BCUT2D eigenvalue weighted by Gasteiger charge is -2.26. The van der Waals surface area contributed by atoms with Gasteiger partial charge in [0.15, 0.2) is 0 Å². The van der Waals surface area contributed by atoms with E-state index in [1.165, 1.54) is 0 Å². The average molecular weight is 329 g/mol. The van der Waals surface area contributed by atoms with Gasteiger partial charge in [0.2, 0.25) is 5.88 Å². The lowest BCUT2D eigenvalue weighted by molar-refractivity contribution is 0.226. The van der Waals surface area contributed by atoms with Gasteiger partial charge in [0, 0.05) is 32.7 Å². The number of hydrogen-bond acceptors (Lipinski definition) is 6. The lowest BCUT2D eigenvalue weighted by atomic mass is 10.2. The molecule has 0 amide bonds. The van der Waals surface area contributed by atoms with Crippen LogP contribution in [0.15, 0.2) is 24.3 Å². The molecule has 0 radical (unpaired) electrons. The Morgan fingerprint density at radius 1 is 1.17 bits per heavy atom. The summed E-state index contributed by atoms with van der Waals surface area (Å²) in [5, 5.41) is 4.37. The number of aromatic nitrogens is 2. The Morgan fingerprint density at radius 3 is 2.75 bits per heavy atom. The second-order valence-electron chi connectivity index (χ2n) is 6.49. The third-order valence-corrected chi connectivity index (χ3v) is 4.18. The number of nitrogens with one attached hydrogen (secondary N) is 1. The van der Waals surface area contributed by atoms with E-state index in [2.05, 4.69) is 29.2 Å². The van der Waals surface area contributed by atoms with Crippen LogP contribution < -0.4 is 10.1 Å². The van der Waals surface area contributed by atoms with Gasteiger partial charge < -0.3 is 15.0 Å². The molecule has 24 heavy (non-hydrogen) atoms. The number of benzene rings is 1. The Kier molecular flexibility index (Phi) is 5.96. The standard InChI is InChI=1S/C18H27N5O/c1-22(2)10-5-13-24-18-15-6-3-4-7-16(15)20-17(21-18)14-23-11-8-19-9-12-23/h3-4,6-7,19H,5,8-14H2,1-2H3. The number of nitrogens with zero attached hydrogens (tertiary/aromatic N) is 4. The summed E-state index contributed by atoms with van der Waals surface area (Å²) in [6, 6.07) is 8.09. The van der Waals surface area contributed by atoms with Crippen molar-refractivity contribution in [1.29, 1.82) is 0 Å². The minimum atomic E-state index is 0.673. The predicted octanol–water partition coefficient (Wildman–Crippen LogP) is 1.37. The van der Waals surface area contributed by atoms with Crippen LogP contribution in [-0.4, -0.2) is 73.2 Å². The van der Waals surface area contributed by atoms with E-state index >= 15 is 0 Å². The largest absolute Gasteiger partial charge is 0.477 e. The topological polar surface area (TPSA) is 53.5 Å². The Morgan fingerprint density at radius 2 is 1.96 bits per heavy atom. The number of piperazine rings is 1. The molecule has 3 rings (SSSR count). The zero-order valence-electron chi connectivity index (χ0n) is 14.7. The fourth-order valence-electron chi connectivity index (χ4n) is 2.89. The monoisotopic (exact) mass is 329 g/mol. The van der Waals surface area contributed by atoms with Crippen molar-refractivity contribution in [3.05, 3.63) is 30.1 Å². The van der Waals surface area contributed by atoms with Crippen molar-refractivity contribution in [1.82, 2.24) is 25.1 Å². The number of hydrogen-bond donors (Lipinski definition) is 1. The molecule has 0 spiro atoms. The quantitative estimate of drug-likeness (QED) is 0.774. The van der Waals surface area contributed by atoms with Crippen molar-refractivity contribution in [3.63, 3.8) is 0 Å². The van der Waals surface area contributed by atoms with Crippen molar-refractivity contribution in [3.8, 4) is 5.88 Å². The maximum Gasteiger partial charge on any atom is 0.224 e. The van der Waals surface area contributed by atoms with Crippen LogP contribution >= 0.6 is 0 Å². The third kappa shape index (κ3) is 4.63. The minimum Gasteiger partial charge on any atom is -0.477 e. The molecular formula is C18H27N5O. The molecule has 1 aromatic heterocycles. The van der Waals surface area contributed by atoms with E-state index in [9.17, 15) is 0 Å². The van der Waals surface area contributed by atoms with Gasteiger partial charge in [-0.3, -0.25) is 4.90 Å². The molecule has 1 fully saturated rings. The molecule has 6 heteroatoms. The molecule has 1 N–H and O–H groups in total. The summed E-state index contributed by atoms with van der Waals surface area (Å²) < 4.78 is 5.99. The molecule has 0 aliphatic carbocycles. The summed E-state index contributed by atoms with van der Waals surface area (Å²) in [6.45, 7) is 6.59. The molecule has 0 unspecified atom stereocenters. The molecule has 0 saturated carbocycles. The minimum absolute atomic E-state index is 0.673. The van der Waals surface area contributed by atoms with Gasteiger partial charge in [-0.15, -0.1) is 0 Å². The maximum atomic E-state index is 5.99. The molecule has 130 valence electrons. The van der Waals surface area contributed by atoms with Gasteiger partial charge >= 0.3 is 0 Å². The molecule has 1 aliphatic heterocycles.